The van der Waals surface area contributed by atoms with Crippen molar-refractivity contribution in [3.05, 3.63) is 65.4 Å². The number of unbranched alkanes of at least 4 members (excludes halogenated alkanes) is 2. The fourth-order valence-electron chi connectivity index (χ4n) is 4.53. The SMILES string of the molecule is CCCCOC(=O)C[C@H](NC(=O)COc1cccc2c1c(C(=O)C(N)=O)c(C)n2Cc1ccccc1)C(=O)OCCCC. The van der Waals surface area contributed by atoms with E-state index < -0.39 is 48.6 Å². The van der Waals surface area contributed by atoms with Crippen LogP contribution < -0.4 is 15.8 Å². The fourth-order valence-corrected chi connectivity index (χ4v) is 4.53. The van der Waals surface area contributed by atoms with Gasteiger partial charge in [0.25, 0.3) is 17.6 Å². The maximum Gasteiger partial charge on any atom is 0.329 e. The molecule has 0 aliphatic heterocycles. The third kappa shape index (κ3) is 8.91. The molecule has 2 aromatic carbocycles. The molecule has 3 rings (SSSR count). The smallest absolute Gasteiger partial charge is 0.329 e. The van der Waals surface area contributed by atoms with Crippen molar-refractivity contribution in [1.82, 2.24) is 9.88 Å². The Balaban J connectivity index is 1.84. The number of benzene rings is 2. The zero-order valence-electron chi connectivity index (χ0n) is 24.9. The van der Waals surface area contributed by atoms with E-state index in [1.165, 1.54) is 0 Å². The van der Waals surface area contributed by atoms with Gasteiger partial charge in [0.1, 0.15) is 11.8 Å². The van der Waals surface area contributed by atoms with E-state index in [4.69, 9.17) is 19.9 Å². The molecule has 0 aliphatic rings. The summed E-state index contributed by atoms with van der Waals surface area (Å²) in [6.45, 7) is 5.84. The van der Waals surface area contributed by atoms with Crippen molar-refractivity contribution in [1.29, 1.82) is 0 Å². The van der Waals surface area contributed by atoms with Gasteiger partial charge >= 0.3 is 11.9 Å². The predicted molar refractivity (Wildman–Crippen MR) is 160 cm³/mol. The van der Waals surface area contributed by atoms with Gasteiger partial charge in [-0.3, -0.25) is 19.2 Å². The number of carbonyl (C=O) groups is 5. The van der Waals surface area contributed by atoms with Gasteiger partial charge in [-0.25, -0.2) is 4.79 Å². The van der Waals surface area contributed by atoms with Gasteiger partial charge in [-0.1, -0.05) is 63.1 Å². The van der Waals surface area contributed by atoms with E-state index in [1.54, 1.807) is 25.1 Å². The molecular formula is C32H39N3O8. The lowest BCUT2D eigenvalue weighted by Gasteiger charge is -2.17. The van der Waals surface area contributed by atoms with Crippen LogP contribution >= 0.6 is 0 Å². The maximum absolute atomic E-state index is 12.9. The Hall–Kier alpha value is -4.67. The van der Waals surface area contributed by atoms with E-state index in [9.17, 15) is 24.0 Å². The van der Waals surface area contributed by atoms with Crippen molar-refractivity contribution in [3.8, 4) is 5.75 Å². The van der Waals surface area contributed by atoms with Gasteiger partial charge in [0.2, 0.25) is 0 Å². The van der Waals surface area contributed by atoms with Gasteiger partial charge in [-0.15, -0.1) is 0 Å². The number of primary amides is 1. The predicted octanol–water partition coefficient (Wildman–Crippen LogP) is 3.61. The lowest BCUT2D eigenvalue weighted by atomic mass is 10.1. The number of hydrogen-bond donors (Lipinski definition) is 2. The summed E-state index contributed by atoms with van der Waals surface area (Å²) in [5.41, 5.74) is 7.56. The van der Waals surface area contributed by atoms with Gasteiger partial charge < -0.3 is 29.8 Å². The number of fused-ring (bicyclic) bond motifs is 1. The average molecular weight is 594 g/mol. The van der Waals surface area contributed by atoms with Crippen LogP contribution in [0.2, 0.25) is 0 Å². The summed E-state index contributed by atoms with van der Waals surface area (Å²) in [6.07, 6.45) is 2.55. The molecule has 0 aliphatic carbocycles. The first-order chi connectivity index (χ1) is 20.7. The van der Waals surface area contributed by atoms with Gasteiger partial charge in [-0.05, 0) is 37.5 Å². The molecule has 3 aromatic rings. The molecule has 230 valence electrons. The summed E-state index contributed by atoms with van der Waals surface area (Å²) in [6, 6.07) is 13.4. The zero-order chi connectivity index (χ0) is 31.4. The van der Waals surface area contributed by atoms with Gasteiger partial charge in [0, 0.05) is 12.2 Å². The largest absolute Gasteiger partial charge is 0.483 e. The Labute approximate surface area is 250 Å². The number of ketones is 1. The van der Waals surface area contributed by atoms with Gasteiger partial charge in [-0.2, -0.15) is 0 Å². The molecule has 11 heteroatoms. The topological polar surface area (TPSA) is 156 Å². The first kappa shape index (κ1) is 32.8. The number of ether oxygens (including phenoxy) is 3. The monoisotopic (exact) mass is 593 g/mol. The van der Waals surface area contributed by atoms with Crippen LogP contribution in [0.4, 0.5) is 0 Å². The van der Waals surface area contributed by atoms with Gasteiger partial charge in [0.15, 0.2) is 6.61 Å². The lowest BCUT2D eigenvalue weighted by molar-refractivity contribution is -0.154. The molecule has 3 N–H and O–H groups in total. The van der Waals surface area contributed by atoms with Crippen LogP contribution in [0.1, 0.15) is 67.6 Å². The number of hydrogen-bond acceptors (Lipinski definition) is 8. The highest BCUT2D eigenvalue weighted by molar-refractivity contribution is 6.45. The van der Waals surface area contributed by atoms with Crippen LogP contribution in [0.3, 0.4) is 0 Å². The summed E-state index contributed by atoms with van der Waals surface area (Å²) in [5, 5.41) is 2.84. The molecule has 1 heterocycles. The molecule has 0 radical (unpaired) electrons. The Kier molecular flexibility index (Phi) is 12.3. The number of amides is 2. The fraction of sp³-hybridized carbons (Fsp3) is 0.406. The minimum absolute atomic E-state index is 0.0849. The summed E-state index contributed by atoms with van der Waals surface area (Å²) in [4.78, 5) is 62.8. The summed E-state index contributed by atoms with van der Waals surface area (Å²) < 4.78 is 18.1. The van der Waals surface area contributed by atoms with Gasteiger partial charge in [0.05, 0.1) is 36.1 Å². The standard InChI is InChI=1S/C32H39N3O8/c1-4-6-16-41-27(37)18-23(32(40)42-17-7-5-2)34-26(36)20-43-25-15-11-14-24-29(25)28(30(38)31(33)39)21(3)35(24)19-22-12-9-8-10-13-22/h8-15,23H,4-7,16-20H2,1-3H3,(H2,33,39)(H,34,36)/t23-/m0/s1. The quantitative estimate of drug-likeness (QED) is 0.104. The minimum atomic E-state index is -1.26. The minimum Gasteiger partial charge on any atom is -0.483 e. The van der Waals surface area contributed by atoms with E-state index in [0.717, 1.165) is 18.4 Å². The van der Waals surface area contributed by atoms with Crippen LogP contribution in [0.25, 0.3) is 10.9 Å². The molecule has 43 heavy (non-hydrogen) atoms. The van der Waals surface area contributed by atoms with E-state index in [-0.39, 0.29) is 24.5 Å². The summed E-state index contributed by atoms with van der Waals surface area (Å²) in [5.74, 6) is -3.91. The number of nitrogens with one attached hydrogen (secondary N) is 1. The van der Waals surface area contributed by atoms with E-state index in [0.29, 0.717) is 36.0 Å². The number of esters is 2. The Morgan fingerprint density at radius 1 is 0.907 bits per heavy atom. The molecule has 1 atom stereocenters. The van der Waals surface area contributed by atoms with Crippen LogP contribution in [0, 0.1) is 6.92 Å². The molecular weight excluding hydrogens is 554 g/mol. The average Bonchev–Trinajstić information content (AvgIpc) is 3.27. The highest BCUT2D eigenvalue weighted by atomic mass is 16.5. The second-order valence-corrected chi connectivity index (χ2v) is 10.1. The normalized spacial score (nSPS) is 11.5. The number of rotatable bonds is 17. The lowest BCUT2D eigenvalue weighted by Crippen LogP contribution is -2.45. The highest BCUT2D eigenvalue weighted by Gasteiger charge is 2.28. The van der Waals surface area contributed by atoms with Crippen LogP contribution in [-0.4, -0.2) is 60.0 Å². The Bertz CT molecular complexity index is 1450. The summed E-state index contributed by atoms with van der Waals surface area (Å²) in [7, 11) is 0. The van der Waals surface area contributed by atoms with Crippen molar-refractivity contribution in [2.45, 2.75) is 65.5 Å². The first-order valence-electron chi connectivity index (χ1n) is 14.4. The van der Waals surface area contributed by atoms with Crippen molar-refractivity contribution in [2.24, 2.45) is 5.73 Å². The molecule has 0 unspecified atom stereocenters. The molecule has 0 spiro atoms. The second kappa shape index (κ2) is 16.1. The van der Waals surface area contributed by atoms with Crippen LogP contribution in [0.15, 0.2) is 48.5 Å². The highest BCUT2D eigenvalue weighted by Crippen LogP contribution is 2.34. The number of carbonyl (C=O) groups excluding carboxylic acids is 5. The van der Waals surface area contributed by atoms with Crippen LogP contribution in [-0.2, 0) is 35.2 Å². The summed E-state index contributed by atoms with van der Waals surface area (Å²) >= 11 is 0. The van der Waals surface area contributed by atoms with Crippen molar-refractivity contribution < 1.29 is 38.2 Å². The number of nitrogens with zero attached hydrogens (tertiary/aromatic N) is 1. The number of nitrogens with two attached hydrogens (primary N) is 1. The van der Waals surface area contributed by atoms with E-state index in [1.807, 2.05) is 48.7 Å². The Morgan fingerprint density at radius 2 is 1.58 bits per heavy atom. The van der Waals surface area contributed by atoms with E-state index in [2.05, 4.69) is 5.32 Å². The molecule has 0 bridgehead atoms. The number of Topliss-reactive ketones (excluding diaryl/α,β-unsaturated/α-hetero) is 1. The van der Waals surface area contributed by atoms with Crippen molar-refractivity contribution in [2.75, 3.05) is 19.8 Å². The Morgan fingerprint density at radius 3 is 2.23 bits per heavy atom. The molecule has 0 saturated carbocycles. The second-order valence-electron chi connectivity index (χ2n) is 10.1. The molecule has 2 amide bonds. The van der Waals surface area contributed by atoms with Crippen molar-refractivity contribution >= 4 is 40.4 Å². The molecule has 0 saturated heterocycles. The maximum atomic E-state index is 12.9. The van der Waals surface area contributed by atoms with Crippen LogP contribution in [0.5, 0.6) is 5.75 Å². The third-order valence-electron chi connectivity index (χ3n) is 6.80. The molecule has 11 nitrogen and oxygen atoms in total. The van der Waals surface area contributed by atoms with Crippen molar-refractivity contribution in [3.63, 3.8) is 0 Å². The number of aromatic nitrogens is 1. The first-order valence-corrected chi connectivity index (χ1v) is 14.4. The zero-order valence-corrected chi connectivity index (χ0v) is 24.9. The molecule has 0 fully saturated rings. The van der Waals surface area contributed by atoms with E-state index >= 15 is 0 Å². The molecule has 1 aromatic heterocycles. The third-order valence-corrected chi connectivity index (χ3v) is 6.80.